The Morgan fingerprint density at radius 3 is 2.62 bits per heavy atom. The number of nitrogens with one attached hydrogen (secondary N) is 1. The number of fused-ring (bicyclic) bond motifs is 3. The smallest absolute Gasteiger partial charge is 0.323 e. The number of nitrogens with zero attached hydrogens (tertiary/aromatic N) is 2. The van der Waals surface area contributed by atoms with Gasteiger partial charge in [-0.1, -0.05) is 61.0 Å². The molecule has 0 aliphatic carbocycles. The lowest BCUT2D eigenvalue weighted by Crippen LogP contribution is -2.38. The quantitative estimate of drug-likeness (QED) is 0.354. The summed E-state index contributed by atoms with van der Waals surface area (Å²) in [6.45, 7) is 2.59. The first-order valence-corrected chi connectivity index (χ1v) is 11.7. The van der Waals surface area contributed by atoms with Crippen LogP contribution in [-0.4, -0.2) is 22.6 Å². The number of rotatable bonds is 4. The van der Waals surface area contributed by atoms with E-state index in [1.54, 1.807) is 25.3 Å². The van der Waals surface area contributed by atoms with Gasteiger partial charge >= 0.3 is 6.03 Å². The summed E-state index contributed by atoms with van der Waals surface area (Å²) >= 11 is 6.22. The number of carbonyl (C=O) groups excluding carboxylic acids is 1. The molecule has 0 radical (unpaired) electrons. The first-order chi connectivity index (χ1) is 16.6. The Kier molecular flexibility index (Phi) is 6.03. The summed E-state index contributed by atoms with van der Waals surface area (Å²) in [4.78, 5) is 15.7. The number of halogens is 1. The Balaban J connectivity index is 1.62. The van der Waals surface area contributed by atoms with Crippen LogP contribution in [0.15, 0.2) is 85.1 Å². The average Bonchev–Trinajstić information content (AvgIpc) is 3.28. The molecule has 0 saturated heterocycles. The van der Waals surface area contributed by atoms with E-state index in [9.17, 15) is 4.79 Å². The number of aryl methyl sites for hydroxylation is 1. The van der Waals surface area contributed by atoms with Crippen molar-refractivity contribution in [1.29, 1.82) is 0 Å². The van der Waals surface area contributed by atoms with Crippen LogP contribution in [0.1, 0.15) is 35.3 Å². The van der Waals surface area contributed by atoms with Crippen LogP contribution in [0.5, 0.6) is 5.75 Å². The number of methoxy groups -OCH3 is 1. The molecule has 1 N–H and O–H groups in total. The zero-order valence-corrected chi connectivity index (χ0v) is 19.9. The third kappa shape index (κ3) is 4.03. The van der Waals surface area contributed by atoms with Gasteiger partial charge < -0.3 is 19.5 Å². The van der Waals surface area contributed by atoms with Gasteiger partial charge in [0.2, 0.25) is 0 Å². The van der Waals surface area contributed by atoms with Gasteiger partial charge in [0.25, 0.3) is 0 Å². The molecule has 6 heteroatoms. The lowest BCUT2D eigenvalue weighted by molar-refractivity contribution is 0.194. The van der Waals surface area contributed by atoms with Gasteiger partial charge in [-0.3, -0.25) is 0 Å². The largest absolute Gasteiger partial charge is 0.495 e. The van der Waals surface area contributed by atoms with Crippen molar-refractivity contribution in [1.82, 2.24) is 9.47 Å². The topological polar surface area (TPSA) is 46.5 Å². The van der Waals surface area contributed by atoms with Crippen LogP contribution in [0, 0.1) is 0 Å². The molecule has 5 nitrogen and oxygen atoms in total. The molecular weight excluding hydrogens is 446 g/mol. The zero-order valence-electron chi connectivity index (χ0n) is 19.2. The molecule has 34 heavy (non-hydrogen) atoms. The van der Waals surface area contributed by atoms with Crippen LogP contribution in [0.4, 0.5) is 10.5 Å². The molecule has 172 valence electrons. The van der Waals surface area contributed by atoms with E-state index < -0.39 is 0 Å². The second kappa shape index (κ2) is 9.27. The highest BCUT2D eigenvalue weighted by molar-refractivity contribution is 6.31. The second-order valence-corrected chi connectivity index (χ2v) is 8.77. The fourth-order valence-electron chi connectivity index (χ4n) is 4.59. The lowest BCUT2D eigenvalue weighted by atomic mass is 10.00. The van der Waals surface area contributed by atoms with Gasteiger partial charge in [-0.15, -0.1) is 0 Å². The first kappa shape index (κ1) is 22.1. The fourth-order valence-corrected chi connectivity index (χ4v) is 4.76. The molecule has 0 saturated carbocycles. The van der Waals surface area contributed by atoms with Crippen molar-refractivity contribution in [3.63, 3.8) is 0 Å². The molecule has 2 amide bonds. The molecule has 3 aromatic carbocycles. The van der Waals surface area contributed by atoms with Crippen LogP contribution >= 0.6 is 11.6 Å². The summed E-state index contributed by atoms with van der Waals surface area (Å²) in [6.07, 6.45) is 3.02. The van der Waals surface area contributed by atoms with Crippen molar-refractivity contribution in [2.75, 3.05) is 12.4 Å². The maximum absolute atomic E-state index is 13.9. The number of amides is 2. The maximum atomic E-state index is 13.9. The Bertz CT molecular complexity index is 1330. The van der Waals surface area contributed by atoms with E-state index in [2.05, 4.69) is 65.5 Å². The number of ether oxygens (including phenoxy) is 1. The van der Waals surface area contributed by atoms with Crippen LogP contribution in [0.25, 0.3) is 5.69 Å². The van der Waals surface area contributed by atoms with E-state index in [1.807, 2.05) is 23.1 Å². The van der Waals surface area contributed by atoms with Crippen molar-refractivity contribution < 1.29 is 9.53 Å². The van der Waals surface area contributed by atoms with Crippen LogP contribution < -0.4 is 10.1 Å². The van der Waals surface area contributed by atoms with E-state index in [0.29, 0.717) is 23.0 Å². The van der Waals surface area contributed by atoms with Crippen molar-refractivity contribution in [2.45, 2.75) is 25.9 Å². The van der Waals surface area contributed by atoms with Gasteiger partial charge in [0, 0.05) is 16.9 Å². The standard InChI is InChI=1S/C28H26ClN3O2/c1-3-19-10-12-20(13-11-19)27-25-9-6-16-31(25)24-8-5-4-7-21(24)18-32(27)28(33)30-23-17-22(29)14-15-26(23)34-2/h4-17,27H,3,18H2,1-2H3,(H,30,33)/t27-/m1/s1. The normalized spacial score (nSPS) is 14.7. The molecule has 0 bridgehead atoms. The minimum Gasteiger partial charge on any atom is -0.495 e. The summed E-state index contributed by atoms with van der Waals surface area (Å²) in [5.41, 5.74) is 6.03. The molecule has 0 fully saturated rings. The summed E-state index contributed by atoms with van der Waals surface area (Å²) in [5.74, 6) is 0.556. The minimum atomic E-state index is -0.279. The maximum Gasteiger partial charge on any atom is 0.323 e. The van der Waals surface area contributed by atoms with Crippen molar-refractivity contribution in [2.24, 2.45) is 0 Å². The molecule has 1 aromatic heterocycles. The van der Waals surface area contributed by atoms with E-state index in [0.717, 1.165) is 28.9 Å². The number of benzene rings is 3. The number of aromatic nitrogens is 1. The van der Waals surface area contributed by atoms with Gasteiger partial charge in [0.15, 0.2) is 0 Å². The molecule has 0 unspecified atom stereocenters. The summed E-state index contributed by atoms with van der Waals surface area (Å²) in [7, 11) is 1.58. The van der Waals surface area contributed by atoms with Gasteiger partial charge in [-0.25, -0.2) is 4.79 Å². The van der Waals surface area contributed by atoms with Crippen LogP contribution in [0.2, 0.25) is 5.02 Å². The molecule has 5 rings (SSSR count). The van der Waals surface area contributed by atoms with Crippen LogP contribution in [-0.2, 0) is 13.0 Å². The highest BCUT2D eigenvalue weighted by Gasteiger charge is 2.33. The first-order valence-electron chi connectivity index (χ1n) is 11.3. The molecular formula is C28H26ClN3O2. The number of hydrogen-bond donors (Lipinski definition) is 1. The number of urea groups is 1. The van der Waals surface area contributed by atoms with Crippen molar-refractivity contribution in [3.8, 4) is 11.4 Å². The van der Waals surface area contributed by atoms with E-state index >= 15 is 0 Å². The number of para-hydroxylation sites is 1. The van der Waals surface area contributed by atoms with E-state index in [4.69, 9.17) is 16.3 Å². The monoisotopic (exact) mass is 471 g/mol. The predicted molar refractivity (Wildman–Crippen MR) is 136 cm³/mol. The highest BCUT2D eigenvalue weighted by Crippen LogP contribution is 2.37. The summed E-state index contributed by atoms with van der Waals surface area (Å²) < 4.78 is 7.64. The molecule has 1 aliphatic heterocycles. The Morgan fingerprint density at radius 2 is 1.85 bits per heavy atom. The Labute approximate surface area is 204 Å². The molecule has 2 heterocycles. The number of anilines is 1. The zero-order chi connectivity index (χ0) is 23.7. The van der Waals surface area contributed by atoms with Gasteiger partial charge in [-0.05, 0) is 59.5 Å². The molecule has 1 atom stereocenters. The minimum absolute atomic E-state index is 0.227. The number of hydrogen-bond acceptors (Lipinski definition) is 2. The average molecular weight is 472 g/mol. The van der Waals surface area contributed by atoms with Crippen molar-refractivity contribution in [3.05, 3.63) is 112 Å². The third-order valence-electron chi connectivity index (χ3n) is 6.33. The molecule has 4 aromatic rings. The van der Waals surface area contributed by atoms with E-state index in [1.165, 1.54) is 5.56 Å². The predicted octanol–water partition coefficient (Wildman–Crippen LogP) is 6.84. The molecule has 1 aliphatic rings. The van der Waals surface area contributed by atoms with Crippen LogP contribution in [0.3, 0.4) is 0 Å². The van der Waals surface area contributed by atoms with Gasteiger partial charge in [0.1, 0.15) is 5.75 Å². The second-order valence-electron chi connectivity index (χ2n) is 8.33. The highest BCUT2D eigenvalue weighted by atomic mass is 35.5. The van der Waals surface area contributed by atoms with Gasteiger partial charge in [-0.2, -0.15) is 0 Å². The summed E-state index contributed by atoms with van der Waals surface area (Å²) in [6, 6.07) is 25.5. The number of carbonyl (C=O) groups is 1. The van der Waals surface area contributed by atoms with Gasteiger partial charge in [0.05, 0.1) is 31.1 Å². The Morgan fingerprint density at radius 1 is 1.06 bits per heavy atom. The Hall–Kier alpha value is -3.70. The third-order valence-corrected chi connectivity index (χ3v) is 6.57. The lowest BCUT2D eigenvalue weighted by Gasteiger charge is -2.31. The summed E-state index contributed by atoms with van der Waals surface area (Å²) in [5, 5.41) is 3.57. The molecule has 0 spiro atoms. The van der Waals surface area contributed by atoms with Crippen molar-refractivity contribution >= 4 is 23.3 Å². The fraction of sp³-hybridized carbons (Fsp3) is 0.179. The van der Waals surface area contributed by atoms with E-state index in [-0.39, 0.29) is 12.1 Å². The SMILES string of the molecule is CCc1ccc([C@@H]2c3cccn3-c3ccccc3CN2C(=O)Nc2cc(Cl)ccc2OC)cc1.